The maximum atomic E-state index is 4.38. The lowest BCUT2D eigenvalue weighted by atomic mass is 10.2. The lowest BCUT2D eigenvalue weighted by molar-refractivity contribution is 1.26. The molecule has 0 aliphatic carbocycles. The summed E-state index contributed by atoms with van der Waals surface area (Å²) in [6.45, 7) is 0. The number of fused-ring (bicyclic) bond motifs is 1. The summed E-state index contributed by atoms with van der Waals surface area (Å²) in [7, 11) is 0. The van der Waals surface area contributed by atoms with Crippen LogP contribution in [-0.4, -0.2) is 4.98 Å². The predicted octanol–water partition coefficient (Wildman–Crippen LogP) is 3.44. The van der Waals surface area contributed by atoms with E-state index in [1.807, 2.05) is 6.07 Å². The molecule has 0 fully saturated rings. The van der Waals surface area contributed by atoms with Gasteiger partial charge >= 0.3 is 0 Å². The quantitative estimate of drug-likeness (QED) is 0.504. The number of nitrogens with zero attached hydrogens (tertiary/aromatic N) is 1. The molecule has 0 aliphatic heterocycles. The van der Waals surface area contributed by atoms with Gasteiger partial charge in [0.15, 0.2) is 0 Å². The smallest absolute Gasteiger partial charge is 0.110 e. The SMILES string of the molecule is Ic1cc2ccccc2c(I)n1. The van der Waals surface area contributed by atoms with Crippen LogP contribution in [0.4, 0.5) is 0 Å². The van der Waals surface area contributed by atoms with Gasteiger partial charge in [-0.1, -0.05) is 24.3 Å². The minimum Gasteiger partial charge on any atom is -0.235 e. The average molecular weight is 381 g/mol. The summed E-state index contributed by atoms with van der Waals surface area (Å²) in [5.41, 5.74) is 0. The van der Waals surface area contributed by atoms with Crippen LogP contribution in [0.1, 0.15) is 0 Å². The van der Waals surface area contributed by atoms with Crippen LogP contribution >= 0.6 is 45.2 Å². The van der Waals surface area contributed by atoms with Crippen molar-refractivity contribution >= 4 is 56.0 Å². The van der Waals surface area contributed by atoms with Crippen molar-refractivity contribution in [3.63, 3.8) is 0 Å². The zero-order valence-corrected chi connectivity index (χ0v) is 10.4. The topological polar surface area (TPSA) is 12.9 Å². The normalized spacial score (nSPS) is 10.5. The molecule has 2 rings (SSSR count). The number of aromatic nitrogens is 1. The summed E-state index contributed by atoms with van der Waals surface area (Å²) < 4.78 is 2.13. The zero-order chi connectivity index (χ0) is 8.55. The first kappa shape index (κ1) is 8.68. The Kier molecular flexibility index (Phi) is 2.49. The van der Waals surface area contributed by atoms with E-state index >= 15 is 0 Å². The number of pyridine rings is 1. The van der Waals surface area contributed by atoms with E-state index in [-0.39, 0.29) is 0 Å². The van der Waals surface area contributed by atoms with Gasteiger partial charge in [0, 0.05) is 5.39 Å². The van der Waals surface area contributed by atoms with Gasteiger partial charge in [-0.25, -0.2) is 4.98 Å². The summed E-state index contributed by atoms with van der Waals surface area (Å²) in [5, 5.41) is 2.50. The highest BCUT2D eigenvalue weighted by Crippen LogP contribution is 2.20. The van der Waals surface area contributed by atoms with Gasteiger partial charge in [0.25, 0.3) is 0 Å². The van der Waals surface area contributed by atoms with Crippen molar-refractivity contribution in [2.45, 2.75) is 0 Å². The molecule has 3 heteroatoms. The van der Waals surface area contributed by atoms with E-state index in [4.69, 9.17) is 0 Å². The van der Waals surface area contributed by atoms with Crippen molar-refractivity contribution in [2.75, 3.05) is 0 Å². The van der Waals surface area contributed by atoms with Crippen LogP contribution in [0.15, 0.2) is 30.3 Å². The fourth-order valence-electron chi connectivity index (χ4n) is 1.13. The van der Waals surface area contributed by atoms with Gasteiger partial charge in [-0.2, -0.15) is 0 Å². The van der Waals surface area contributed by atoms with Gasteiger partial charge in [0.05, 0.1) is 0 Å². The second-order valence-electron chi connectivity index (χ2n) is 2.46. The van der Waals surface area contributed by atoms with Crippen molar-refractivity contribution in [3.05, 3.63) is 37.7 Å². The molecule has 0 spiro atoms. The second kappa shape index (κ2) is 3.45. The van der Waals surface area contributed by atoms with E-state index in [2.05, 4.69) is 74.4 Å². The molecule has 0 radical (unpaired) electrons. The van der Waals surface area contributed by atoms with Crippen LogP contribution < -0.4 is 0 Å². The standard InChI is InChI=1S/C9H5I2N/c10-8-5-6-3-1-2-4-7(6)9(11)12-8/h1-5H. The predicted molar refractivity (Wildman–Crippen MR) is 67.2 cm³/mol. The van der Waals surface area contributed by atoms with Crippen molar-refractivity contribution in [3.8, 4) is 0 Å². The molecule has 0 aliphatic rings. The number of benzene rings is 1. The number of rotatable bonds is 0. The molecule has 1 nitrogen and oxygen atoms in total. The molecule has 0 bridgehead atoms. The Bertz CT molecular complexity index is 426. The third-order valence-corrected chi connectivity index (χ3v) is 3.04. The number of hydrogen-bond donors (Lipinski definition) is 0. The highest BCUT2D eigenvalue weighted by molar-refractivity contribution is 14.1. The van der Waals surface area contributed by atoms with E-state index < -0.39 is 0 Å². The van der Waals surface area contributed by atoms with Crippen molar-refractivity contribution in [1.29, 1.82) is 0 Å². The summed E-state index contributed by atoms with van der Waals surface area (Å²) in [5.74, 6) is 0. The fourth-order valence-corrected chi connectivity index (χ4v) is 2.91. The lowest BCUT2D eigenvalue weighted by Crippen LogP contribution is -1.86. The number of hydrogen-bond acceptors (Lipinski definition) is 1. The zero-order valence-electron chi connectivity index (χ0n) is 6.09. The molecule has 1 heterocycles. The maximum Gasteiger partial charge on any atom is 0.110 e. The molecule has 1 aromatic heterocycles. The van der Waals surface area contributed by atoms with Crippen molar-refractivity contribution in [1.82, 2.24) is 4.98 Å². The molecule has 0 unspecified atom stereocenters. The largest absolute Gasteiger partial charge is 0.235 e. The average Bonchev–Trinajstić information content (AvgIpc) is 2.04. The summed E-state index contributed by atoms with van der Waals surface area (Å²) in [6, 6.07) is 10.4. The molecule has 60 valence electrons. The van der Waals surface area contributed by atoms with Crippen molar-refractivity contribution in [2.24, 2.45) is 0 Å². The van der Waals surface area contributed by atoms with E-state index in [9.17, 15) is 0 Å². The lowest BCUT2D eigenvalue weighted by Gasteiger charge is -1.99. The Morgan fingerprint density at radius 1 is 1.08 bits per heavy atom. The maximum absolute atomic E-state index is 4.38. The Labute approximate surface area is 97.9 Å². The van der Waals surface area contributed by atoms with Crippen LogP contribution in [0, 0.1) is 7.40 Å². The van der Waals surface area contributed by atoms with Crippen LogP contribution in [-0.2, 0) is 0 Å². The number of halogens is 2. The molecule has 12 heavy (non-hydrogen) atoms. The fraction of sp³-hybridized carbons (Fsp3) is 0. The summed E-state index contributed by atoms with van der Waals surface area (Å²) in [6.07, 6.45) is 0. The van der Waals surface area contributed by atoms with Crippen LogP contribution in [0.3, 0.4) is 0 Å². The van der Waals surface area contributed by atoms with E-state index in [1.54, 1.807) is 0 Å². The van der Waals surface area contributed by atoms with Gasteiger partial charge in [0.1, 0.15) is 7.40 Å². The van der Waals surface area contributed by atoms with Gasteiger partial charge in [0.2, 0.25) is 0 Å². The molecule has 1 aromatic carbocycles. The Balaban J connectivity index is 2.89. The first-order valence-electron chi connectivity index (χ1n) is 3.48. The van der Waals surface area contributed by atoms with Crippen LogP contribution in [0.5, 0.6) is 0 Å². The molecule has 0 saturated carbocycles. The molecular formula is C9H5I2N. The van der Waals surface area contributed by atoms with Gasteiger partial charge in [-0.05, 0) is 56.6 Å². The Morgan fingerprint density at radius 3 is 2.67 bits per heavy atom. The molecule has 0 saturated heterocycles. The third-order valence-electron chi connectivity index (χ3n) is 1.66. The highest BCUT2D eigenvalue weighted by Gasteiger charge is 1.99. The van der Waals surface area contributed by atoms with E-state index in [1.165, 1.54) is 10.8 Å². The molecule has 0 N–H and O–H groups in total. The van der Waals surface area contributed by atoms with Gasteiger partial charge in [-0.15, -0.1) is 0 Å². The van der Waals surface area contributed by atoms with E-state index in [0.29, 0.717) is 0 Å². The van der Waals surface area contributed by atoms with Crippen molar-refractivity contribution < 1.29 is 0 Å². The van der Waals surface area contributed by atoms with E-state index in [0.717, 1.165) is 7.40 Å². The molecular weight excluding hydrogens is 376 g/mol. The second-order valence-corrected chi connectivity index (χ2v) is 4.58. The molecule has 2 aromatic rings. The first-order chi connectivity index (χ1) is 5.77. The summed E-state index contributed by atoms with van der Waals surface area (Å²) in [4.78, 5) is 4.38. The van der Waals surface area contributed by atoms with Crippen LogP contribution in [0.2, 0.25) is 0 Å². The Hall–Kier alpha value is 0.0900. The molecule has 0 atom stereocenters. The summed E-state index contributed by atoms with van der Waals surface area (Å²) >= 11 is 4.51. The monoisotopic (exact) mass is 381 g/mol. The van der Waals surface area contributed by atoms with Gasteiger partial charge in [-0.3, -0.25) is 0 Å². The van der Waals surface area contributed by atoms with Gasteiger partial charge < -0.3 is 0 Å². The van der Waals surface area contributed by atoms with Crippen LogP contribution in [0.25, 0.3) is 10.8 Å². The Morgan fingerprint density at radius 2 is 1.83 bits per heavy atom. The molecule has 0 amide bonds. The first-order valence-corrected chi connectivity index (χ1v) is 5.64. The minimum atomic E-state index is 1.05. The highest BCUT2D eigenvalue weighted by atomic mass is 127. The minimum absolute atomic E-state index is 1.05. The third kappa shape index (κ3) is 1.56.